The first-order valence-electron chi connectivity index (χ1n) is 10.4. The molecule has 3 N–H and O–H groups in total. The number of nitrogens with zero attached hydrogens (tertiary/aromatic N) is 2. The summed E-state index contributed by atoms with van der Waals surface area (Å²) in [5, 5.41) is 4.59. The maximum atomic E-state index is 12.8. The molecule has 1 aliphatic rings. The summed E-state index contributed by atoms with van der Waals surface area (Å²) in [7, 11) is -2.82. The van der Waals surface area contributed by atoms with Crippen LogP contribution < -0.4 is 10.1 Å². The third-order valence-corrected chi connectivity index (χ3v) is 8.07. The highest BCUT2D eigenvalue weighted by molar-refractivity contribution is 7.93. The monoisotopic (exact) mass is 467 g/mol. The maximum Gasteiger partial charge on any atom is 0.227 e. The molecule has 0 spiro atoms. The van der Waals surface area contributed by atoms with Crippen LogP contribution in [0.5, 0.6) is 5.75 Å². The van der Waals surface area contributed by atoms with Crippen LogP contribution in [0, 0.1) is 4.78 Å². The second-order valence-corrected chi connectivity index (χ2v) is 10.4. The fourth-order valence-electron chi connectivity index (χ4n) is 3.67. The molecule has 5 rings (SSSR count). The van der Waals surface area contributed by atoms with E-state index in [4.69, 9.17) is 21.1 Å². The van der Waals surface area contributed by atoms with E-state index in [0.29, 0.717) is 39.6 Å². The van der Waals surface area contributed by atoms with Crippen LogP contribution in [0.2, 0.25) is 5.02 Å². The third-order valence-electron chi connectivity index (χ3n) is 5.43. The van der Waals surface area contributed by atoms with Crippen LogP contribution in [0.15, 0.2) is 59.8 Å². The highest BCUT2D eigenvalue weighted by Crippen LogP contribution is 2.38. The average Bonchev–Trinajstić information content (AvgIpc) is 3.57. The van der Waals surface area contributed by atoms with E-state index >= 15 is 0 Å². The number of hydrogen-bond donors (Lipinski definition) is 3. The molecule has 1 unspecified atom stereocenters. The first kappa shape index (κ1) is 20.8. The number of nitrogens with one attached hydrogen (secondary N) is 3. The van der Waals surface area contributed by atoms with Gasteiger partial charge in [0.05, 0.1) is 43.8 Å². The Morgan fingerprint density at radius 3 is 2.88 bits per heavy atom. The molecule has 1 saturated carbocycles. The van der Waals surface area contributed by atoms with E-state index in [1.54, 1.807) is 24.4 Å². The lowest BCUT2D eigenvalue weighted by Gasteiger charge is -2.15. The lowest BCUT2D eigenvalue weighted by Crippen LogP contribution is -2.07. The average molecular weight is 468 g/mol. The summed E-state index contributed by atoms with van der Waals surface area (Å²) >= 11 is 6.43. The molecule has 2 aromatic heterocycles. The number of ether oxygens (including phenoxy) is 1. The minimum Gasteiger partial charge on any atom is -0.492 e. The van der Waals surface area contributed by atoms with E-state index in [0.717, 1.165) is 29.3 Å². The zero-order valence-electron chi connectivity index (χ0n) is 17.4. The van der Waals surface area contributed by atoms with Crippen molar-refractivity contribution in [1.29, 1.82) is 4.78 Å². The van der Waals surface area contributed by atoms with Crippen LogP contribution in [-0.4, -0.2) is 31.0 Å². The number of hydrogen-bond acceptors (Lipinski definition) is 6. The van der Waals surface area contributed by atoms with Gasteiger partial charge >= 0.3 is 0 Å². The summed E-state index contributed by atoms with van der Waals surface area (Å²) in [6, 6.07) is 13.1. The minimum atomic E-state index is -2.82. The number of H-pyrrole nitrogens is 1. The molecule has 1 fully saturated rings. The molecule has 32 heavy (non-hydrogen) atoms. The molecule has 0 aliphatic heterocycles. The second kappa shape index (κ2) is 8.11. The Labute approximate surface area is 191 Å². The Kier molecular flexibility index (Phi) is 5.27. The standard InChI is InChI=1S/C23H22ClN5O2S/c1-2-31-21-11-15(32(25,30)14-7-8-14)9-10-20(21)28-23-27-13-18(24)22(29-23)17-12-26-19-6-4-3-5-16(17)19/h3-6,9-14,25-26H,2,7-8H2,1H3,(H,27,28,29). The van der Waals surface area contributed by atoms with Gasteiger partial charge in [-0.15, -0.1) is 0 Å². The topological polar surface area (TPSA) is 104 Å². The van der Waals surface area contributed by atoms with Crippen molar-refractivity contribution in [1.82, 2.24) is 15.0 Å². The van der Waals surface area contributed by atoms with Gasteiger partial charge in [-0.2, -0.15) is 0 Å². The van der Waals surface area contributed by atoms with Crippen LogP contribution in [0.3, 0.4) is 0 Å². The van der Waals surface area contributed by atoms with Gasteiger partial charge < -0.3 is 15.0 Å². The van der Waals surface area contributed by atoms with E-state index in [1.165, 1.54) is 0 Å². The molecule has 1 atom stereocenters. The predicted molar refractivity (Wildman–Crippen MR) is 127 cm³/mol. The number of aromatic nitrogens is 3. The number of anilines is 2. The molecule has 2 aromatic carbocycles. The zero-order chi connectivity index (χ0) is 22.3. The van der Waals surface area contributed by atoms with Crippen molar-refractivity contribution < 1.29 is 8.95 Å². The van der Waals surface area contributed by atoms with Gasteiger partial charge in [-0.25, -0.2) is 19.0 Å². The summed E-state index contributed by atoms with van der Waals surface area (Å²) in [5.41, 5.74) is 3.12. The van der Waals surface area contributed by atoms with Crippen LogP contribution in [0.4, 0.5) is 11.6 Å². The molecule has 0 bridgehead atoms. The van der Waals surface area contributed by atoms with Crippen molar-refractivity contribution >= 4 is 43.9 Å². The van der Waals surface area contributed by atoms with Crippen molar-refractivity contribution in [2.75, 3.05) is 11.9 Å². The van der Waals surface area contributed by atoms with Gasteiger partial charge in [-0.1, -0.05) is 29.8 Å². The summed E-state index contributed by atoms with van der Waals surface area (Å²) in [4.78, 5) is 12.7. The Balaban J connectivity index is 1.51. The number of para-hydroxylation sites is 1. The fourth-order valence-corrected chi connectivity index (χ4v) is 5.60. The Morgan fingerprint density at radius 1 is 1.28 bits per heavy atom. The van der Waals surface area contributed by atoms with Crippen LogP contribution >= 0.6 is 11.6 Å². The van der Waals surface area contributed by atoms with Gasteiger partial charge in [0.15, 0.2) is 0 Å². The van der Waals surface area contributed by atoms with Gasteiger partial charge in [0.2, 0.25) is 5.95 Å². The molecule has 164 valence electrons. The lowest BCUT2D eigenvalue weighted by molar-refractivity contribution is 0.341. The third kappa shape index (κ3) is 3.80. The molecule has 4 aromatic rings. The summed E-state index contributed by atoms with van der Waals surface area (Å²) in [6.45, 7) is 2.31. The second-order valence-electron chi connectivity index (χ2n) is 7.65. The first-order valence-corrected chi connectivity index (χ1v) is 12.4. The van der Waals surface area contributed by atoms with Crippen LogP contribution in [-0.2, 0) is 9.73 Å². The molecular formula is C23H22ClN5O2S. The van der Waals surface area contributed by atoms with Crippen LogP contribution in [0.1, 0.15) is 19.8 Å². The molecule has 9 heteroatoms. The van der Waals surface area contributed by atoms with E-state index in [9.17, 15) is 4.21 Å². The van der Waals surface area contributed by atoms with Crippen molar-refractivity contribution in [3.63, 3.8) is 0 Å². The molecule has 2 heterocycles. The number of aromatic amines is 1. The van der Waals surface area contributed by atoms with Gasteiger partial charge in [0, 0.05) is 27.9 Å². The van der Waals surface area contributed by atoms with E-state index in [-0.39, 0.29) is 5.25 Å². The quantitative estimate of drug-likeness (QED) is 0.309. The number of rotatable bonds is 7. The largest absolute Gasteiger partial charge is 0.492 e. The normalized spacial score (nSPS) is 15.4. The molecule has 7 nitrogen and oxygen atoms in total. The molecule has 0 radical (unpaired) electrons. The molecule has 0 amide bonds. The van der Waals surface area contributed by atoms with Crippen LogP contribution in [0.25, 0.3) is 22.2 Å². The lowest BCUT2D eigenvalue weighted by atomic mass is 10.1. The van der Waals surface area contributed by atoms with Gasteiger partial charge in [0.25, 0.3) is 0 Å². The number of halogens is 1. The van der Waals surface area contributed by atoms with Gasteiger partial charge in [-0.3, -0.25) is 0 Å². The molecular weight excluding hydrogens is 446 g/mol. The molecule has 0 saturated heterocycles. The number of benzene rings is 2. The summed E-state index contributed by atoms with van der Waals surface area (Å²) < 4.78 is 26.9. The van der Waals surface area contributed by atoms with E-state index in [2.05, 4.69) is 20.3 Å². The Hall–Kier alpha value is -3.10. The van der Waals surface area contributed by atoms with Crippen molar-refractivity contribution in [3.8, 4) is 17.0 Å². The maximum absolute atomic E-state index is 12.8. The van der Waals surface area contributed by atoms with E-state index < -0.39 is 9.73 Å². The smallest absolute Gasteiger partial charge is 0.227 e. The highest BCUT2D eigenvalue weighted by Gasteiger charge is 2.34. The Bertz CT molecular complexity index is 1410. The van der Waals surface area contributed by atoms with Crippen molar-refractivity contribution in [2.45, 2.75) is 29.9 Å². The SMILES string of the molecule is CCOc1cc(S(=N)(=O)C2CC2)ccc1Nc1ncc(Cl)c(-c2c[nH]c3ccccc23)n1. The zero-order valence-corrected chi connectivity index (χ0v) is 19.0. The van der Waals surface area contributed by atoms with Crippen molar-refractivity contribution in [3.05, 3.63) is 59.9 Å². The predicted octanol–water partition coefficient (Wildman–Crippen LogP) is 5.99. The minimum absolute atomic E-state index is 0.0610. The van der Waals surface area contributed by atoms with Gasteiger partial charge in [-0.05, 0) is 44.0 Å². The van der Waals surface area contributed by atoms with Gasteiger partial charge in [0.1, 0.15) is 5.75 Å². The summed E-state index contributed by atoms with van der Waals surface area (Å²) in [5.74, 6) is 0.870. The summed E-state index contributed by atoms with van der Waals surface area (Å²) in [6.07, 6.45) is 5.11. The Morgan fingerprint density at radius 2 is 2.09 bits per heavy atom. The fraction of sp³-hybridized carbons (Fsp3) is 0.217. The van der Waals surface area contributed by atoms with Crippen molar-refractivity contribution in [2.24, 2.45) is 0 Å². The van der Waals surface area contributed by atoms with E-state index in [1.807, 2.05) is 37.4 Å². The first-order chi connectivity index (χ1) is 15.5. The number of fused-ring (bicyclic) bond motifs is 1. The highest BCUT2D eigenvalue weighted by atomic mass is 35.5. The molecule has 1 aliphatic carbocycles.